The van der Waals surface area contributed by atoms with E-state index in [0.29, 0.717) is 112 Å². The zero-order valence-electron chi connectivity index (χ0n) is 17.9. The highest BCUT2D eigenvalue weighted by molar-refractivity contribution is 4.67. The van der Waals surface area contributed by atoms with Crippen LogP contribution in [0.4, 0.5) is 0 Å². The highest BCUT2D eigenvalue weighted by Crippen LogP contribution is 1.85. The molecule has 0 radical (unpaired) electrons. The summed E-state index contributed by atoms with van der Waals surface area (Å²) in [7, 11) is 0. The number of terminal acetylenes is 1. The Morgan fingerprint density at radius 3 is 0.867 bits per heavy atom. The maximum atomic E-state index is 8.53. The minimum atomic E-state index is 0.0286. The molecule has 0 unspecified atom stereocenters. The van der Waals surface area contributed by atoms with Gasteiger partial charge in [-0.25, -0.2) is 0 Å². The average Bonchev–Trinajstić information content (AvgIpc) is 2.76. The predicted molar refractivity (Wildman–Crippen MR) is 108 cm³/mol. The van der Waals surface area contributed by atoms with E-state index in [4.69, 9.17) is 54.2 Å². The van der Waals surface area contributed by atoms with Crippen molar-refractivity contribution in [3.8, 4) is 12.5 Å². The third-order valence-corrected chi connectivity index (χ3v) is 3.25. The molecule has 0 bridgehead atoms. The molecule has 0 aliphatic rings. The van der Waals surface area contributed by atoms with E-state index in [1.165, 1.54) is 0 Å². The van der Waals surface area contributed by atoms with E-state index in [-0.39, 0.29) is 6.61 Å². The van der Waals surface area contributed by atoms with Crippen molar-refractivity contribution in [1.82, 2.24) is 0 Å². The summed E-state index contributed by atoms with van der Waals surface area (Å²) in [5, 5.41) is 8.53. The van der Waals surface area contributed by atoms with Gasteiger partial charge in [0.1, 0.15) is 12.7 Å². The Morgan fingerprint density at radius 1 is 0.400 bits per heavy atom. The summed E-state index contributed by atoms with van der Waals surface area (Å²) in [5.74, 6) is 0. The number of hydrogen-bond donors (Lipinski definition) is 1. The zero-order valence-corrected chi connectivity index (χ0v) is 17.9. The largest absolute Gasteiger partial charge is 0.444 e. The van der Waals surface area contributed by atoms with E-state index in [0.717, 1.165) is 0 Å². The summed E-state index contributed by atoms with van der Waals surface area (Å²) in [5.41, 5.74) is 0. The van der Waals surface area contributed by atoms with Crippen LogP contribution in [0.5, 0.6) is 0 Å². The van der Waals surface area contributed by atoms with Gasteiger partial charge in [-0.05, 0) is 0 Å². The second-order valence-electron chi connectivity index (χ2n) is 5.59. The highest BCUT2D eigenvalue weighted by Gasteiger charge is 1.95. The molecule has 0 amide bonds. The second-order valence-corrected chi connectivity index (χ2v) is 5.59. The van der Waals surface area contributed by atoms with E-state index in [9.17, 15) is 0 Å². The normalized spacial score (nSPS) is 10.9. The molecule has 0 aromatic rings. The van der Waals surface area contributed by atoms with Crippen LogP contribution in [0.2, 0.25) is 0 Å². The van der Waals surface area contributed by atoms with Crippen LogP contribution in [0.25, 0.3) is 0 Å². The Labute approximate surface area is 179 Å². The first-order chi connectivity index (χ1) is 14.9. The van der Waals surface area contributed by atoms with Crippen molar-refractivity contribution in [2.75, 3.05) is 119 Å². The fourth-order valence-electron chi connectivity index (χ4n) is 1.87. The van der Waals surface area contributed by atoms with E-state index < -0.39 is 0 Å². The van der Waals surface area contributed by atoms with Gasteiger partial charge in [-0.15, -0.1) is 0 Å². The maximum absolute atomic E-state index is 8.53. The van der Waals surface area contributed by atoms with Crippen molar-refractivity contribution in [2.45, 2.75) is 0 Å². The van der Waals surface area contributed by atoms with Crippen molar-refractivity contribution < 1.29 is 47.7 Å². The Bertz CT molecular complexity index is 351. The van der Waals surface area contributed by atoms with Crippen LogP contribution in [0.15, 0.2) is 0 Å². The molecule has 0 saturated carbocycles. The molecule has 0 aliphatic heterocycles. The Kier molecular flexibility index (Phi) is 27.1. The molecule has 178 valence electrons. The molecule has 0 heterocycles. The standard InChI is InChI=1S/C20H38O10/c1-2-22-5-6-24-9-10-26-13-14-28-17-18-30-20-19-29-16-15-27-12-11-25-8-7-23-4-3-21/h1,21H,3-20H2. The van der Waals surface area contributed by atoms with Gasteiger partial charge in [0.2, 0.25) is 0 Å². The van der Waals surface area contributed by atoms with E-state index in [2.05, 4.69) is 6.11 Å². The SMILES string of the molecule is C#COCCOCCOCCOCCOCCOCCOCCOCCOCCO. The Morgan fingerprint density at radius 2 is 0.633 bits per heavy atom. The van der Waals surface area contributed by atoms with Gasteiger partial charge in [0, 0.05) is 0 Å². The fourth-order valence-corrected chi connectivity index (χ4v) is 1.87. The smallest absolute Gasteiger partial charge is 0.123 e. The van der Waals surface area contributed by atoms with E-state index in [1.807, 2.05) is 0 Å². The molecule has 0 saturated heterocycles. The van der Waals surface area contributed by atoms with Gasteiger partial charge >= 0.3 is 0 Å². The van der Waals surface area contributed by atoms with Crippen LogP contribution in [-0.2, 0) is 42.6 Å². The van der Waals surface area contributed by atoms with Gasteiger partial charge in [-0.2, -0.15) is 0 Å². The summed E-state index contributed by atoms with van der Waals surface area (Å²) < 4.78 is 47.2. The minimum Gasteiger partial charge on any atom is -0.444 e. The van der Waals surface area contributed by atoms with Gasteiger partial charge in [0.15, 0.2) is 0 Å². The lowest BCUT2D eigenvalue weighted by atomic mass is 10.6. The number of aliphatic hydroxyl groups is 1. The van der Waals surface area contributed by atoms with Crippen molar-refractivity contribution in [3.63, 3.8) is 0 Å². The number of rotatable bonds is 26. The predicted octanol–water partition coefficient (Wildman–Crippen LogP) is -0.281. The molecule has 10 nitrogen and oxygen atoms in total. The Hall–Kier alpha value is -1.00. The Balaban J connectivity index is 2.98. The fraction of sp³-hybridized carbons (Fsp3) is 0.900. The summed E-state index contributed by atoms with van der Waals surface area (Å²) >= 11 is 0. The van der Waals surface area contributed by atoms with Crippen LogP contribution in [0, 0.1) is 12.5 Å². The van der Waals surface area contributed by atoms with E-state index in [1.54, 1.807) is 0 Å². The molecule has 1 N–H and O–H groups in total. The third-order valence-electron chi connectivity index (χ3n) is 3.25. The van der Waals surface area contributed by atoms with Crippen LogP contribution in [0.1, 0.15) is 0 Å². The molecule has 0 fully saturated rings. The topological polar surface area (TPSA) is 103 Å². The van der Waals surface area contributed by atoms with Crippen molar-refractivity contribution in [3.05, 3.63) is 0 Å². The van der Waals surface area contributed by atoms with Crippen molar-refractivity contribution in [2.24, 2.45) is 0 Å². The molecule has 0 aromatic heterocycles. The maximum Gasteiger partial charge on any atom is 0.123 e. The van der Waals surface area contributed by atoms with Gasteiger partial charge < -0.3 is 47.7 Å². The first-order valence-electron chi connectivity index (χ1n) is 10.2. The molecule has 0 rings (SSSR count). The number of hydrogen-bond acceptors (Lipinski definition) is 10. The monoisotopic (exact) mass is 438 g/mol. The summed E-state index contributed by atoms with van der Waals surface area (Å²) in [6, 6.07) is 0. The molecule has 10 heteroatoms. The van der Waals surface area contributed by atoms with Crippen LogP contribution >= 0.6 is 0 Å². The average molecular weight is 439 g/mol. The molecule has 0 aliphatic carbocycles. The summed E-state index contributed by atoms with van der Waals surface area (Å²) in [6.07, 6.45) is 7.01. The first-order valence-corrected chi connectivity index (χ1v) is 10.2. The molecule has 0 spiro atoms. The number of ether oxygens (including phenoxy) is 9. The summed E-state index contributed by atoms with van der Waals surface area (Å²) in [6.45, 7) is 8.28. The molecular weight excluding hydrogens is 400 g/mol. The van der Waals surface area contributed by atoms with E-state index >= 15 is 0 Å². The molecular formula is C20H38O10. The lowest BCUT2D eigenvalue weighted by molar-refractivity contribution is -0.0244. The van der Waals surface area contributed by atoms with Gasteiger partial charge in [-0.1, -0.05) is 6.42 Å². The van der Waals surface area contributed by atoms with Crippen LogP contribution < -0.4 is 0 Å². The van der Waals surface area contributed by atoms with Crippen LogP contribution in [0.3, 0.4) is 0 Å². The minimum absolute atomic E-state index is 0.0286. The molecule has 30 heavy (non-hydrogen) atoms. The van der Waals surface area contributed by atoms with Gasteiger partial charge in [-0.3, -0.25) is 0 Å². The lowest BCUT2D eigenvalue weighted by Gasteiger charge is -2.08. The molecule has 0 atom stereocenters. The van der Waals surface area contributed by atoms with Gasteiger partial charge in [0.25, 0.3) is 0 Å². The molecule has 0 aromatic carbocycles. The van der Waals surface area contributed by atoms with Crippen molar-refractivity contribution >= 4 is 0 Å². The third kappa shape index (κ3) is 27.0. The van der Waals surface area contributed by atoms with Crippen LogP contribution in [-0.4, -0.2) is 124 Å². The zero-order chi connectivity index (χ0) is 21.8. The first kappa shape index (κ1) is 29.0. The second kappa shape index (κ2) is 28.0. The summed E-state index contributed by atoms with van der Waals surface area (Å²) in [4.78, 5) is 0. The lowest BCUT2D eigenvalue weighted by Crippen LogP contribution is -2.15. The van der Waals surface area contributed by atoms with Gasteiger partial charge in [0.05, 0.1) is 112 Å². The quantitative estimate of drug-likeness (QED) is 0.143. The number of aliphatic hydroxyl groups excluding tert-OH is 1. The highest BCUT2D eigenvalue weighted by atomic mass is 16.6. The van der Waals surface area contributed by atoms with Crippen molar-refractivity contribution in [1.29, 1.82) is 0 Å².